The fourth-order valence-electron chi connectivity index (χ4n) is 2.59. The highest BCUT2D eigenvalue weighted by atomic mass is 16.6. The number of piperazine rings is 1. The molecule has 8 nitrogen and oxygen atoms in total. The summed E-state index contributed by atoms with van der Waals surface area (Å²) in [5, 5.41) is 21.9. The summed E-state index contributed by atoms with van der Waals surface area (Å²) >= 11 is 0. The zero-order valence-electron chi connectivity index (χ0n) is 11.3. The minimum atomic E-state index is -0.474. The summed E-state index contributed by atoms with van der Waals surface area (Å²) in [7, 11) is 0. The lowest BCUT2D eigenvalue weighted by atomic mass is 10.0. The highest BCUT2D eigenvalue weighted by Gasteiger charge is 2.29. The molecule has 0 spiro atoms. The summed E-state index contributed by atoms with van der Waals surface area (Å²) in [6.07, 6.45) is 0. The summed E-state index contributed by atoms with van der Waals surface area (Å²) < 4.78 is 4.69. The fraction of sp³-hybridized carbons (Fsp3) is 0.500. The van der Waals surface area contributed by atoms with Crippen LogP contribution < -0.4 is 10.2 Å². The molecular formula is C12H15N5O3. The van der Waals surface area contributed by atoms with Crippen LogP contribution in [0.3, 0.4) is 0 Å². The van der Waals surface area contributed by atoms with Gasteiger partial charge in [-0.1, -0.05) is 0 Å². The molecule has 0 bridgehead atoms. The van der Waals surface area contributed by atoms with Crippen LogP contribution in [0.4, 0.5) is 11.4 Å². The van der Waals surface area contributed by atoms with E-state index in [2.05, 4.69) is 34.4 Å². The normalized spacial score (nSPS) is 18.4. The first-order valence-electron chi connectivity index (χ1n) is 6.37. The monoisotopic (exact) mass is 277 g/mol. The minimum absolute atomic E-state index is 0.0243. The van der Waals surface area contributed by atoms with E-state index >= 15 is 0 Å². The van der Waals surface area contributed by atoms with Crippen LogP contribution in [0.2, 0.25) is 0 Å². The van der Waals surface area contributed by atoms with Gasteiger partial charge in [-0.3, -0.25) is 10.1 Å². The van der Waals surface area contributed by atoms with E-state index in [0.717, 1.165) is 25.3 Å². The van der Waals surface area contributed by atoms with Gasteiger partial charge in [-0.05, 0) is 30.2 Å². The van der Waals surface area contributed by atoms with Crippen molar-refractivity contribution in [2.24, 2.45) is 0 Å². The average molecular weight is 277 g/mol. The largest absolute Gasteiger partial charge is 0.367 e. The Hall–Kier alpha value is -2.22. The van der Waals surface area contributed by atoms with E-state index in [9.17, 15) is 10.1 Å². The number of fused-ring (bicyclic) bond motifs is 1. The molecule has 0 unspecified atom stereocenters. The molecule has 1 aliphatic rings. The van der Waals surface area contributed by atoms with Gasteiger partial charge in [0.1, 0.15) is 0 Å². The molecule has 1 aromatic heterocycles. The number of hydrogen-bond donors (Lipinski definition) is 1. The minimum Gasteiger partial charge on any atom is -0.367 e. The Bertz CT molecular complexity index is 666. The Morgan fingerprint density at radius 1 is 1.40 bits per heavy atom. The lowest BCUT2D eigenvalue weighted by Crippen LogP contribution is -2.57. The van der Waals surface area contributed by atoms with E-state index in [-0.39, 0.29) is 16.7 Å². The number of hydrogen-bond acceptors (Lipinski definition) is 7. The number of nitrogens with one attached hydrogen (secondary N) is 1. The average Bonchev–Trinajstić information content (AvgIpc) is 2.84. The van der Waals surface area contributed by atoms with E-state index in [1.807, 2.05) is 0 Å². The number of non-ortho nitro benzene ring substituents is 1. The first kappa shape index (κ1) is 12.8. The van der Waals surface area contributed by atoms with Crippen molar-refractivity contribution < 1.29 is 9.55 Å². The molecule has 2 aromatic rings. The van der Waals surface area contributed by atoms with Crippen LogP contribution in [0.1, 0.15) is 13.8 Å². The van der Waals surface area contributed by atoms with Crippen molar-refractivity contribution in [3.05, 3.63) is 22.2 Å². The topological polar surface area (TPSA) is 97.3 Å². The summed E-state index contributed by atoms with van der Waals surface area (Å²) in [5.74, 6) is 0. The van der Waals surface area contributed by atoms with Crippen LogP contribution in [0.25, 0.3) is 11.0 Å². The second-order valence-electron chi connectivity index (χ2n) is 5.55. The van der Waals surface area contributed by atoms with Gasteiger partial charge in [-0.25, -0.2) is 4.63 Å². The van der Waals surface area contributed by atoms with Crippen LogP contribution >= 0.6 is 0 Å². The fourth-order valence-corrected chi connectivity index (χ4v) is 2.59. The predicted octanol–water partition coefficient (Wildman–Crippen LogP) is 1.32. The van der Waals surface area contributed by atoms with Crippen molar-refractivity contribution >= 4 is 22.4 Å². The van der Waals surface area contributed by atoms with E-state index in [1.165, 1.54) is 6.07 Å². The predicted molar refractivity (Wildman–Crippen MR) is 72.8 cm³/mol. The number of nitro groups is 1. The first-order valence-corrected chi connectivity index (χ1v) is 6.37. The highest BCUT2D eigenvalue weighted by Crippen LogP contribution is 2.32. The van der Waals surface area contributed by atoms with Crippen molar-refractivity contribution in [3.63, 3.8) is 0 Å². The van der Waals surface area contributed by atoms with E-state index in [4.69, 9.17) is 4.63 Å². The number of nitro benzene ring substituents is 1. The van der Waals surface area contributed by atoms with Crippen LogP contribution in [0.15, 0.2) is 16.8 Å². The summed E-state index contributed by atoms with van der Waals surface area (Å²) in [6, 6.07) is 3.17. The van der Waals surface area contributed by atoms with Crippen LogP contribution in [-0.2, 0) is 0 Å². The summed E-state index contributed by atoms with van der Waals surface area (Å²) in [6.45, 7) is 6.67. The number of anilines is 1. The lowest BCUT2D eigenvalue weighted by Gasteiger charge is -2.40. The first-order chi connectivity index (χ1) is 9.48. The van der Waals surface area contributed by atoms with Gasteiger partial charge in [0, 0.05) is 31.2 Å². The number of benzene rings is 1. The molecule has 3 rings (SSSR count). The molecule has 2 heterocycles. The van der Waals surface area contributed by atoms with Gasteiger partial charge in [-0.15, -0.1) is 0 Å². The smallest absolute Gasteiger partial charge is 0.300 e. The molecule has 0 radical (unpaired) electrons. The maximum absolute atomic E-state index is 11.0. The van der Waals surface area contributed by atoms with Gasteiger partial charge in [0.05, 0.1) is 10.6 Å². The Balaban J connectivity index is 2.07. The second kappa shape index (κ2) is 4.41. The Morgan fingerprint density at radius 3 is 2.85 bits per heavy atom. The molecule has 1 saturated heterocycles. The third-order valence-corrected chi connectivity index (χ3v) is 3.48. The molecule has 0 aliphatic carbocycles. The van der Waals surface area contributed by atoms with Crippen LogP contribution in [0, 0.1) is 10.1 Å². The second-order valence-corrected chi connectivity index (χ2v) is 5.55. The van der Waals surface area contributed by atoms with Gasteiger partial charge >= 0.3 is 5.69 Å². The Morgan fingerprint density at radius 2 is 2.15 bits per heavy atom. The third-order valence-electron chi connectivity index (χ3n) is 3.48. The molecule has 8 heteroatoms. The molecule has 1 N–H and O–H groups in total. The molecule has 1 fully saturated rings. The van der Waals surface area contributed by atoms with Gasteiger partial charge in [0.25, 0.3) is 0 Å². The maximum Gasteiger partial charge on any atom is 0.300 e. The van der Waals surface area contributed by atoms with E-state index in [0.29, 0.717) is 5.52 Å². The number of aromatic nitrogens is 2. The van der Waals surface area contributed by atoms with Crippen molar-refractivity contribution in [2.45, 2.75) is 19.4 Å². The van der Waals surface area contributed by atoms with Gasteiger partial charge in [-0.2, -0.15) is 0 Å². The molecule has 106 valence electrons. The number of nitrogens with zero attached hydrogens (tertiary/aromatic N) is 4. The lowest BCUT2D eigenvalue weighted by molar-refractivity contribution is -0.383. The maximum atomic E-state index is 11.0. The molecule has 0 saturated carbocycles. The van der Waals surface area contributed by atoms with Crippen molar-refractivity contribution in [1.82, 2.24) is 15.6 Å². The Labute approximate surface area is 114 Å². The Kier molecular flexibility index (Phi) is 2.82. The molecule has 20 heavy (non-hydrogen) atoms. The quantitative estimate of drug-likeness (QED) is 0.653. The molecule has 1 aromatic carbocycles. The standard InChI is InChI=1S/C12H15N5O3/c1-12(2)7-16(6-5-13-12)8-3-4-9(17(18)19)11-10(8)14-20-15-11/h3-4,13H,5-7H2,1-2H3. The van der Waals surface area contributed by atoms with E-state index in [1.54, 1.807) is 6.07 Å². The van der Waals surface area contributed by atoms with Gasteiger partial charge < -0.3 is 10.2 Å². The van der Waals surface area contributed by atoms with Gasteiger partial charge in [0.2, 0.25) is 5.52 Å². The summed E-state index contributed by atoms with van der Waals surface area (Å²) in [4.78, 5) is 12.6. The highest BCUT2D eigenvalue weighted by molar-refractivity contribution is 5.93. The van der Waals surface area contributed by atoms with Crippen molar-refractivity contribution in [3.8, 4) is 0 Å². The van der Waals surface area contributed by atoms with Crippen molar-refractivity contribution in [2.75, 3.05) is 24.5 Å². The zero-order valence-corrected chi connectivity index (χ0v) is 11.3. The molecule has 1 aliphatic heterocycles. The molecular weight excluding hydrogens is 262 g/mol. The zero-order chi connectivity index (χ0) is 14.3. The SMILES string of the molecule is CC1(C)CN(c2ccc([N+](=O)[O-])c3nonc23)CCN1. The van der Waals surface area contributed by atoms with E-state index < -0.39 is 4.92 Å². The van der Waals surface area contributed by atoms with Crippen molar-refractivity contribution in [1.29, 1.82) is 0 Å². The summed E-state index contributed by atoms with van der Waals surface area (Å²) in [5.41, 5.74) is 1.35. The molecule has 0 amide bonds. The third kappa shape index (κ3) is 2.07. The molecule has 0 atom stereocenters. The van der Waals surface area contributed by atoms with Gasteiger partial charge in [0.15, 0.2) is 5.52 Å². The number of rotatable bonds is 2. The van der Waals surface area contributed by atoms with Crippen LogP contribution in [-0.4, -0.2) is 40.4 Å². The van der Waals surface area contributed by atoms with Crippen LogP contribution in [0.5, 0.6) is 0 Å².